The highest BCUT2D eigenvalue weighted by molar-refractivity contribution is 5.78. The Hall–Kier alpha value is -2.21. The summed E-state index contributed by atoms with van der Waals surface area (Å²) in [5.41, 5.74) is 0.935. The third-order valence-corrected chi connectivity index (χ3v) is 3.12. The van der Waals surface area contributed by atoms with E-state index in [4.69, 9.17) is 4.74 Å². The standard InChI is InChI=1S/C14H18N4O2/c1-18-10-16-17-13(18)9-15-8-12(14(19)20-2)11-6-4-3-5-7-11/h3-7,10,12,15H,8-9H2,1-2H3. The maximum Gasteiger partial charge on any atom is 0.314 e. The van der Waals surface area contributed by atoms with Crippen molar-refractivity contribution < 1.29 is 9.53 Å². The quantitative estimate of drug-likeness (QED) is 0.791. The van der Waals surface area contributed by atoms with E-state index in [1.165, 1.54) is 7.11 Å². The lowest BCUT2D eigenvalue weighted by Gasteiger charge is -2.15. The van der Waals surface area contributed by atoms with Crippen LogP contribution in [0.15, 0.2) is 36.7 Å². The zero-order valence-electron chi connectivity index (χ0n) is 11.6. The van der Waals surface area contributed by atoms with Crippen LogP contribution in [0.5, 0.6) is 0 Å². The molecule has 1 aromatic heterocycles. The van der Waals surface area contributed by atoms with Crippen LogP contribution in [0, 0.1) is 0 Å². The van der Waals surface area contributed by atoms with Crippen LogP contribution in [0.25, 0.3) is 0 Å². The van der Waals surface area contributed by atoms with Gasteiger partial charge in [-0.1, -0.05) is 30.3 Å². The van der Waals surface area contributed by atoms with Crippen molar-refractivity contribution in [2.24, 2.45) is 7.05 Å². The van der Waals surface area contributed by atoms with Crippen LogP contribution in [0.2, 0.25) is 0 Å². The van der Waals surface area contributed by atoms with E-state index >= 15 is 0 Å². The number of methoxy groups -OCH3 is 1. The van der Waals surface area contributed by atoms with E-state index in [9.17, 15) is 4.79 Å². The number of nitrogens with zero attached hydrogens (tertiary/aromatic N) is 3. The molecule has 20 heavy (non-hydrogen) atoms. The van der Waals surface area contributed by atoms with E-state index in [0.29, 0.717) is 13.1 Å². The van der Waals surface area contributed by atoms with Crippen molar-refractivity contribution in [3.05, 3.63) is 48.0 Å². The van der Waals surface area contributed by atoms with Gasteiger partial charge in [0.1, 0.15) is 12.2 Å². The molecule has 0 aliphatic rings. The second kappa shape index (κ2) is 6.81. The summed E-state index contributed by atoms with van der Waals surface area (Å²) in [6.07, 6.45) is 1.64. The Bertz CT molecular complexity index is 553. The topological polar surface area (TPSA) is 69.0 Å². The molecule has 0 amide bonds. The summed E-state index contributed by atoms with van der Waals surface area (Å²) in [4.78, 5) is 11.9. The first-order valence-corrected chi connectivity index (χ1v) is 6.38. The Morgan fingerprint density at radius 2 is 2.15 bits per heavy atom. The maximum atomic E-state index is 11.9. The summed E-state index contributed by atoms with van der Waals surface area (Å²) in [5, 5.41) is 11.0. The van der Waals surface area contributed by atoms with Gasteiger partial charge in [0.2, 0.25) is 0 Å². The van der Waals surface area contributed by atoms with Crippen molar-refractivity contribution >= 4 is 5.97 Å². The van der Waals surface area contributed by atoms with Crippen LogP contribution in [-0.4, -0.2) is 34.4 Å². The van der Waals surface area contributed by atoms with Gasteiger partial charge in [0.05, 0.1) is 19.6 Å². The summed E-state index contributed by atoms with van der Waals surface area (Å²) >= 11 is 0. The zero-order valence-corrected chi connectivity index (χ0v) is 11.6. The van der Waals surface area contributed by atoms with Crippen LogP contribution in [0.3, 0.4) is 0 Å². The molecule has 0 fully saturated rings. The minimum absolute atomic E-state index is 0.248. The Balaban J connectivity index is 1.99. The largest absolute Gasteiger partial charge is 0.469 e. The first-order valence-electron chi connectivity index (χ1n) is 6.38. The predicted octanol–water partition coefficient (Wildman–Crippen LogP) is 0.861. The Morgan fingerprint density at radius 3 is 2.75 bits per heavy atom. The van der Waals surface area contributed by atoms with Crippen LogP contribution in [0.1, 0.15) is 17.3 Å². The van der Waals surface area contributed by atoms with E-state index in [0.717, 1.165) is 11.4 Å². The van der Waals surface area contributed by atoms with Gasteiger partial charge in [0.25, 0.3) is 0 Å². The Labute approximate surface area is 117 Å². The van der Waals surface area contributed by atoms with Gasteiger partial charge in [-0.05, 0) is 5.56 Å². The maximum absolute atomic E-state index is 11.9. The summed E-state index contributed by atoms with van der Waals surface area (Å²) in [7, 11) is 3.28. The van der Waals surface area contributed by atoms with Gasteiger partial charge in [-0.2, -0.15) is 0 Å². The van der Waals surface area contributed by atoms with Gasteiger partial charge in [-0.25, -0.2) is 0 Å². The first-order chi connectivity index (χ1) is 9.72. The third kappa shape index (κ3) is 3.42. The number of benzene rings is 1. The van der Waals surface area contributed by atoms with Gasteiger partial charge < -0.3 is 14.6 Å². The van der Waals surface area contributed by atoms with E-state index in [1.54, 1.807) is 6.33 Å². The predicted molar refractivity (Wildman–Crippen MR) is 73.9 cm³/mol. The minimum atomic E-state index is -0.325. The molecule has 0 saturated carbocycles. The highest BCUT2D eigenvalue weighted by atomic mass is 16.5. The molecule has 106 valence electrons. The van der Waals surface area contributed by atoms with Crippen LogP contribution in [0.4, 0.5) is 0 Å². The number of ether oxygens (including phenoxy) is 1. The molecule has 1 N–H and O–H groups in total. The molecule has 0 radical (unpaired) electrons. The number of aromatic nitrogens is 3. The molecule has 1 unspecified atom stereocenters. The molecule has 2 aromatic rings. The molecule has 2 rings (SSSR count). The van der Waals surface area contributed by atoms with Crippen molar-refractivity contribution in [3.8, 4) is 0 Å². The second-order valence-electron chi connectivity index (χ2n) is 4.48. The fourth-order valence-corrected chi connectivity index (χ4v) is 1.96. The summed E-state index contributed by atoms with van der Waals surface area (Å²) in [6, 6.07) is 9.59. The molecule has 1 heterocycles. The molecule has 1 atom stereocenters. The highest BCUT2D eigenvalue weighted by Gasteiger charge is 2.20. The number of carbonyl (C=O) groups excluding carboxylic acids is 1. The van der Waals surface area contributed by atoms with Gasteiger partial charge in [0, 0.05) is 13.6 Å². The molecule has 0 spiro atoms. The molecule has 0 bridgehead atoms. The second-order valence-corrected chi connectivity index (χ2v) is 4.48. The van der Waals surface area contributed by atoms with E-state index in [2.05, 4.69) is 15.5 Å². The van der Waals surface area contributed by atoms with Gasteiger partial charge >= 0.3 is 5.97 Å². The Kier molecular flexibility index (Phi) is 4.84. The lowest BCUT2D eigenvalue weighted by molar-refractivity contribution is -0.142. The van der Waals surface area contributed by atoms with Crippen molar-refractivity contribution in [1.82, 2.24) is 20.1 Å². The number of rotatable bonds is 6. The average Bonchev–Trinajstić information content (AvgIpc) is 2.89. The number of hydrogen-bond acceptors (Lipinski definition) is 5. The van der Waals surface area contributed by atoms with Gasteiger partial charge in [-0.15, -0.1) is 10.2 Å². The van der Waals surface area contributed by atoms with Crippen LogP contribution < -0.4 is 5.32 Å². The molecule has 0 saturated heterocycles. The molecule has 1 aromatic carbocycles. The number of hydrogen-bond donors (Lipinski definition) is 1. The smallest absolute Gasteiger partial charge is 0.314 e. The molecule has 6 nitrogen and oxygen atoms in total. The zero-order chi connectivity index (χ0) is 14.4. The lowest BCUT2D eigenvalue weighted by Crippen LogP contribution is -2.28. The highest BCUT2D eigenvalue weighted by Crippen LogP contribution is 2.16. The van der Waals surface area contributed by atoms with Crippen LogP contribution >= 0.6 is 0 Å². The molecule has 0 aliphatic carbocycles. The average molecular weight is 274 g/mol. The van der Waals surface area contributed by atoms with Crippen LogP contribution in [-0.2, 0) is 23.1 Å². The minimum Gasteiger partial charge on any atom is -0.469 e. The SMILES string of the molecule is COC(=O)C(CNCc1nncn1C)c1ccccc1. The third-order valence-electron chi connectivity index (χ3n) is 3.12. The summed E-state index contributed by atoms with van der Waals surface area (Å²) in [6.45, 7) is 1.04. The van der Waals surface area contributed by atoms with Crippen molar-refractivity contribution in [2.75, 3.05) is 13.7 Å². The molecule has 6 heteroatoms. The molecule has 0 aliphatic heterocycles. The normalized spacial score (nSPS) is 12.1. The fourth-order valence-electron chi connectivity index (χ4n) is 1.96. The summed E-state index contributed by atoms with van der Waals surface area (Å²) in [5.74, 6) is 0.248. The lowest BCUT2D eigenvalue weighted by atomic mass is 9.99. The van der Waals surface area contributed by atoms with Gasteiger partial charge in [-0.3, -0.25) is 4.79 Å². The fraction of sp³-hybridized carbons (Fsp3) is 0.357. The number of carbonyl (C=O) groups is 1. The van der Waals surface area contributed by atoms with Crippen molar-refractivity contribution in [2.45, 2.75) is 12.5 Å². The van der Waals surface area contributed by atoms with Crippen molar-refractivity contribution in [1.29, 1.82) is 0 Å². The monoisotopic (exact) mass is 274 g/mol. The number of esters is 1. The van der Waals surface area contributed by atoms with Gasteiger partial charge in [0.15, 0.2) is 0 Å². The first kappa shape index (κ1) is 14.2. The van der Waals surface area contributed by atoms with E-state index in [-0.39, 0.29) is 11.9 Å². The Morgan fingerprint density at radius 1 is 1.40 bits per heavy atom. The molecular weight excluding hydrogens is 256 g/mol. The molecular formula is C14H18N4O2. The number of nitrogens with one attached hydrogen (secondary N) is 1. The summed E-state index contributed by atoms with van der Waals surface area (Å²) < 4.78 is 6.70. The van der Waals surface area contributed by atoms with Crippen molar-refractivity contribution in [3.63, 3.8) is 0 Å². The number of aryl methyl sites for hydroxylation is 1. The van der Waals surface area contributed by atoms with E-state index < -0.39 is 0 Å². The van der Waals surface area contributed by atoms with E-state index in [1.807, 2.05) is 41.9 Å².